The summed E-state index contributed by atoms with van der Waals surface area (Å²) in [5.41, 5.74) is 0.280. The van der Waals surface area contributed by atoms with E-state index in [-0.39, 0.29) is 47.0 Å². The SMILES string of the molecule is CCS(=O)(=O)CCC(NC(=O)c1ccc(O)c(O)c1)C(=O)N1CCCC1C(=O)OC(C)CC1CCC(C)(C)C1(C)C. The molecule has 1 aliphatic heterocycles. The van der Waals surface area contributed by atoms with Crippen molar-refractivity contribution in [3.05, 3.63) is 23.8 Å². The number of phenolic OH excluding ortho intramolecular Hbond substituents is 2. The minimum Gasteiger partial charge on any atom is -0.504 e. The Bertz CT molecular complexity index is 1240. The van der Waals surface area contributed by atoms with Crippen LogP contribution in [-0.4, -0.2) is 77.6 Å². The van der Waals surface area contributed by atoms with Crippen LogP contribution in [0.2, 0.25) is 0 Å². The van der Waals surface area contributed by atoms with E-state index in [1.807, 2.05) is 6.92 Å². The maximum absolute atomic E-state index is 13.7. The number of likely N-dealkylation sites (tertiary alicyclic amines) is 1. The highest BCUT2D eigenvalue weighted by Crippen LogP contribution is 2.57. The Labute approximate surface area is 243 Å². The highest BCUT2D eigenvalue weighted by molar-refractivity contribution is 7.91. The zero-order chi connectivity index (χ0) is 30.8. The van der Waals surface area contributed by atoms with Gasteiger partial charge in [0.05, 0.1) is 11.9 Å². The fraction of sp³-hybridized carbons (Fsp3) is 0.700. The molecule has 1 aromatic rings. The predicted molar refractivity (Wildman–Crippen MR) is 155 cm³/mol. The maximum Gasteiger partial charge on any atom is 0.329 e. The molecule has 4 atom stereocenters. The molecule has 2 amide bonds. The Morgan fingerprint density at radius 3 is 2.39 bits per heavy atom. The molecule has 2 fully saturated rings. The number of nitrogens with zero attached hydrogens (tertiary/aromatic N) is 1. The molecule has 0 aromatic heterocycles. The fourth-order valence-corrected chi connectivity index (χ4v) is 6.87. The highest BCUT2D eigenvalue weighted by atomic mass is 32.2. The first-order valence-corrected chi connectivity index (χ1v) is 16.4. The lowest BCUT2D eigenvalue weighted by Gasteiger charge is -2.40. The molecule has 41 heavy (non-hydrogen) atoms. The summed E-state index contributed by atoms with van der Waals surface area (Å²) in [6.45, 7) is 12.8. The Morgan fingerprint density at radius 1 is 1.12 bits per heavy atom. The fourth-order valence-electron chi connectivity index (χ4n) is 5.99. The van der Waals surface area contributed by atoms with Crippen LogP contribution in [0.5, 0.6) is 11.5 Å². The number of rotatable bonds is 11. The number of ether oxygens (including phenoxy) is 1. The van der Waals surface area contributed by atoms with Gasteiger partial charge in [-0.25, -0.2) is 13.2 Å². The third kappa shape index (κ3) is 7.53. The van der Waals surface area contributed by atoms with Gasteiger partial charge in [0, 0.05) is 17.9 Å². The minimum absolute atomic E-state index is 0.0133. The molecular weight excluding hydrogens is 548 g/mol. The summed E-state index contributed by atoms with van der Waals surface area (Å²) in [5, 5.41) is 21.9. The van der Waals surface area contributed by atoms with Gasteiger partial charge in [-0.1, -0.05) is 34.6 Å². The van der Waals surface area contributed by atoms with E-state index in [1.165, 1.54) is 17.9 Å². The van der Waals surface area contributed by atoms with E-state index in [2.05, 4.69) is 33.0 Å². The van der Waals surface area contributed by atoms with Gasteiger partial charge in [-0.15, -0.1) is 0 Å². The Hall–Kier alpha value is -2.82. The van der Waals surface area contributed by atoms with Crippen molar-refractivity contribution in [2.45, 2.75) is 98.3 Å². The van der Waals surface area contributed by atoms with Gasteiger partial charge < -0.3 is 25.2 Å². The molecule has 1 heterocycles. The van der Waals surface area contributed by atoms with Crippen LogP contribution in [-0.2, 0) is 24.2 Å². The second-order valence-electron chi connectivity index (χ2n) is 12.8. The topological polar surface area (TPSA) is 150 Å². The molecule has 2 aliphatic rings. The number of phenols is 2. The summed E-state index contributed by atoms with van der Waals surface area (Å²) < 4.78 is 30.3. The van der Waals surface area contributed by atoms with Crippen molar-refractivity contribution in [2.24, 2.45) is 16.7 Å². The Morgan fingerprint density at radius 2 is 1.80 bits per heavy atom. The van der Waals surface area contributed by atoms with E-state index in [0.717, 1.165) is 31.4 Å². The van der Waals surface area contributed by atoms with Gasteiger partial charge >= 0.3 is 5.97 Å². The molecular formula is C30H46N2O8S. The average molecular weight is 595 g/mol. The van der Waals surface area contributed by atoms with Crippen molar-refractivity contribution < 1.29 is 37.8 Å². The molecule has 1 saturated heterocycles. The van der Waals surface area contributed by atoms with Gasteiger partial charge in [-0.3, -0.25) is 9.59 Å². The van der Waals surface area contributed by atoms with Crippen molar-refractivity contribution in [3.63, 3.8) is 0 Å². The first-order chi connectivity index (χ1) is 19.0. The van der Waals surface area contributed by atoms with E-state index in [0.29, 0.717) is 18.8 Å². The molecule has 4 unspecified atom stereocenters. The van der Waals surface area contributed by atoms with Gasteiger partial charge in [0.25, 0.3) is 5.91 Å². The molecule has 11 heteroatoms. The molecule has 0 bridgehead atoms. The van der Waals surface area contributed by atoms with Crippen LogP contribution in [0.4, 0.5) is 0 Å². The number of amides is 2. The van der Waals surface area contributed by atoms with Crippen LogP contribution in [0.1, 0.15) is 90.4 Å². The molecule has 1 saturated carbocycles. The van der Waals surface area contributed by atoms with Gasteiger partial charge in [-0.2, -0.15) is 0 Å². The first kappa shape index (κ1) is 32.7. The van der Waals surface area contributed by atoms with Crippen molar-refractivity contribution in [1.29, 1.82) is 0 Å². The number of nitrogens with one attached hydrogen (secondary N) is 1. The molecule has 0 radical (unpaired) electrons. The number of sulfone groups is 1. The molecule has 230 valence electrons. The lowest BCUT2D eigenvalue weighted by molar-refractivity contribution is -0.158. The van der Waals surface area contributed by atoms with Crippen LogP contribution in [0.3, 0.4) is 0 Å². The summed E-state index contributed by atoms with van der Waals surface area (Å²) in [7, 11) is -3.45. The van der Waals surface area contributed by atoms with Gasteiger partial charge in [0.15, 0.2) is 11.5 Å². The number of aromatic hydroxyl groups is 2. The van der Waals surface area contributed by atoms with Crippen LogP contribution < -0.4 is 5.32 Å². The van der Waals surface area contributed by atoms with Crippen molar-refractivity contribution in [2.75, 3.05) is 18.1 Å². The third-order valence-corrected chi connectivity index (χ3v) is 11.4. The highest BCUT2D eigenvalue weighted by Gasteiger charge is 2.49. The van der Waals surface area contributed by atoms with Gasteiger partial charge in [-0.05, 0) is 80.4 Å². The smallest absolute Gasteiger partial charge is 0.329 e. The normalized spacial score (nSPS) is 23.1. The van der Waals surface area contributed by atoms with Gasteiger partial charge in [0.1, 0.15) is 21.9 Å². The van der Waals surface area contributed by atoms with Crippen molar-refractivity contribution in [3.8, 4) is 11.5 Å². The summed E-state index contributed by atoms with van der Waals surface area (Å²) in [5.74, 6) is -2.71. The quantitative estimate of drug-likeness (QED) is 0.259. The lowest BCUT2D eigenvalue weighted by atomic mass is 9.66. The first-order valence-electron chi connectivity index (χ1n) is 14.5. The second-order valence-corrected chi connectivity index (χ2v) is 15.2. The summed E-state index contributed by atoms with van der Waals surface area (Å²) in [6.07, 6.45) is 3.40. The summed E-state index contributed by atoms with van der Waals surface area (Å²) in [4.78, 5) is 41.3. The van der Waals surface area contributed by atoms with E-state index in [4.69, 9.17) is 4.74 Å². The number of hydrogen-bond donors (Lipinski definition) is 3. The largest absolute Gasteiger partial charge is 0.504 e. The standard InChI is InChI=1S/C30H46N2O8S/c1-7-41(38,39)16-13-22(31-26(35)20-10-11-24(33)25(34)18-20)27(36)32-15-8-9-23(32)28(37)40-19(2)17-21-12-14-29(3,4)30(21,5)6/h10-11,18-19,21-23,33-34H,7-9,12-17H2,1-6H3,(H,31,35). The zero-order valence-electron chi connectivity index (χ0n) is 25.1. The minimum atomic E-state index is -3.45. The molecule has 1 aliphatic carbocycles. The third-order valence-electron chi connectivity index (χ3n) is 9.62. The molecule has 1 aromatic carbocycles. The van der Waals surface area contributed by atoms with Crippen LogP contribution in [0.25, 0.3) is 0 Å². The number of carbonyl (C=O) groups excluding carboxylic acids is 3. The molecule has 10 nitrogen and oxygen atoms in total. The predicted octanol–water partition coefficient (Wildman–Crippen LogP) is 3.80. The molecule has 3 N–H and O–H groups in total. The number of benzene rings is 1. The average Bonchev–Trinajstić information content (AvgIpc) is 3.46. The van der Waals surface area contributed by atoms with Crippen LogP contribution in [0.15, 0.2) is 18.2 Å². The molecule has 0 spiro atoms. The van der Waals surface area contributed by atoms with E-state index < -0.39 is 51.2 Å². The monoisotopic (exact) mass is 594 g/mol. The number of esters is 1. The summed E-state index contributed by atoms with van der Waals surface area (Å²) >= 11 is 0. The number of carbonyl (C=O) groups is 3. The molecule has 3 rings (SSSR count). The van der Waals surface area contributed by atoms with Crippen molar-refractivity contribution >= 4 is 27.6 Å². The van der Waals surface area contributed by atoms with Gasteiger partial charge in [0.2, 0.25) is 5.91 Å². The van der Waals surface area contributed by atoms with E-state index in [1.54, 1.807) is 0 Å². The zero-order valence-corrected chi connectivity index (χ0v) is 25.9. The number of hydrogen-bond acceptors (Lipinski definition) is 8. The van der Waals surface area contributed by atoms with Crippen LogP contribution >= 0.6 is 0 Å². The van der Waals surface area contributed by atoms with Crippen molar-refractivity contribution in [1.82, 2.24) is 10.2 Å². The Balaban J connectivity index is 1.72. The lowest BCUT2D eigenvalue weighted by Crippen LogP contribution is -2.52. The van der Waals surface area contributed by atoms with E-state index in [9.17, 15) is 33.0 Å². The van der Waals surface area contributed by atoms with Crippen LogP contribution in [0, 0.1) is 16.7 Å². The summed E-state index contributed by atoms with van der Waals surface area (Å²) in [6, 6.07) is 1.44. The van der Waals surface area contributed by atoms with E-state index >= 15 is 0 Å². The Kier molecular flexibility index (Phi) is 10.0. The maximum atomic E-state index is 13.7. The second kappa shape index (κ2) is 12.6.